The van der Waals surface area contributed by atoms with E-state index in [1.165, 1.54) is 24.3 Å². The molecule has 0 bridgehead atoms. The van der Waals surface area contributed by atoms with Crippen LogP contribution in [0, 0.1) is 0 Å². The summed E-state index contributed by atoms with van der Waals surface area (Å²) in [5, 5.41) is 6.75. The van der Waals surface area contributed by atoms with Crippen LogP contribution in [0.4, 0.5) is 13.2 Å². The van der Waals surface area contributed by atoms with Gasteiger partial charge in [-0.2, -0.15) is 18.3 Å². The number of hydrogen-bond acceptors (Lipinski definition) is 2. The Labute approximate surface area is 158 Å². The molecule has 0 saturated heterocycles. The number of carbonyl (C=O) groups is 1. The molecule has 1 amide bonds. The number of nitrogens with zero attached hydrogens (tertiary/aromatic N) is 2. The first-order valence-corrected chi connectivity index (χ1v) is 8.42. The monoisotopic (exact) mass is 393 g/mol. The molecular formula is C19H15ClF3N3O. The summed E-state index contributed by atoms with van der Waals surface area (Å²) in [4.78, 5) is 12.5. The van der Waals surface area contributed by atoms with E-state index in [1.807, 2.05) is 6.07 Å². The number of nitrogens with one attached hydrogen (secondary N) is 1. The van der Waals surface area contributed by atoms with Gasteiger partial charge < -0.3 is 5.32 Å². The standard InChI is InChI=1S/C19H15ClF3N3O/c1-12(13-5-3-2-4-6-13)25-18(27)16-11-24-26(17(16)19(21,22)23)15-9-7-14(20)8-10-15/h2-12H,1H3,(H,25,27). The summed E-state index contributed by atoms with van der Waals surface area (Å²) in [6, 6.07) is 14.2. The highest BCUT2D eigenvalue weighted by molar-refractivity contribution is 6.30. The summed E-state index contributed by atoms with van der Waals surface area (Å²) in [6.45, 7) is 1.70. The number of aromatic nitrogens is 2. The molecule has 140 valence electrons. The van der Waals surface area contributed by atoms with Crippen molar-refractivity contribution in [3.8, 4) is 5.69 Å². The molecule has 2 aromatic carbocycles. The van der Waals surface area contributed by atoms with E-state index < -0.39 is 29.4 Å². The van der Waals surface area contributed by atoms with Crippen LogP contribution in [0.15, 0.2) is 60.8 Å². The Morgan fingerprint density at radius 1 is 1.11 bits per heavy atom. The normalized spacial score (nSPS) is 12.6. The van der Waals surface area contributed by atoms with Gasteiger partial charge in [-0.1, -0.05) is 41.9 Å². The van der Waals surface area contributed by atoms with Crippen molar-refractivity contribution in [2.45, 2.75) is 19.1 Å². The Morgan fingerprint density at radius 3 is 2.33 bits per heavy atom. The van der Waals surface area contributed by atoms with Crippen molar-refractivity contribution in [2.75, 3.05) is 0 Å². The molecule has 1 unspecified atom stereocenters. The molecule has 4 nitrogen and oxygen atoms in total. The van der Waals surface area contributed by atoms with E-state index in [4.69, 9.17) is 11.6 Å². The summed E-state index contributed by atoms with van der Waals surface area (Å²) < 4.78 is 41.7. The fourth-order valence-electron chi connectivity index (χ4n) is 2.66. The van der Waals surface area contributed by atoms with Crippen molar-refractivity contribution in [2.24, 2.45) is 0 Å². The lowest BCUT2D eigenvalue weighted by atomic mass is 10.1. The molecule has 0 spiro atoms. The highest BCUT2D eigenvalue weighted by atomic mass is 35.5. The van der Waals surface area contributed by atoms with E-state index >= 15 is 0 Å². The average molecular weight is 394 g/mol. The Morgan fingerprint density at radius 2 is 1.74 bits per heavy atom. The van der Waals surface area contributed by atoms with Crippen molar-refractivity contribution in [3.05, 3.63) is 82.6 Å². The van der Waals surface area contributed by atoms with Gasteiger partial charge in [-0.15, -0.1) is 0 Å². The minimum absolute atomic E-state index is 0.155. The van der Waals surface area contributed by atoms with Crippen LogP contribution < -0.4 is 5.32 Å². The van der Waals surface area contributed by atoms with Crippen LogP contribution in [-0.2, 0) is 6.18 Å². The topological polar surface area (TPSA) is 46.9 Å². The summed E-state index contributed by atoms with van der Waals surface area (Å²) in [7, 11) is 0. The molecule has 0 aliphatic rings. The third-order valence-corrected chi connectivity index (χ3v) is 4.25. The van der Waals surface area contributed by atoms with E-state index in [0.717, 1.165) is 11.8 Å². The number of alkyl halides is 3. The van der Waals surface area contributed by atoms with Gasteiger partial charge in [-0.05, 0) is 36.8 Å². The Kier molecular flexibility index (Phi) is 5.23. The Bertz CT molecular complexity index is 937. The van der Waals surface area contributed by atoms with Crippen molar-refractivity contribution in [1.29, 1.82) is 0 Å². The van der Waals surface area contributed by atoms with Crippen LogP contribution >= 0.6 is 11.6 Å². The number of halogens is 4. The molecule has 0 radical (unpaired) electrons. The van der Waals surface area contributed by atoms with E-state index in [2.05, 4.69) is 10.4 Å². The van der Waals surface area contributed by atoms with Gasteiger partial charge in [0.1, 0.15) is 0 Å². The fraction of sp³-hybridized carbons (Fsp3) is 0.158. The first-order valence-electron chi connectivity index (χ1n) is 8.04. The zero-order valence-electron chi connectivity index (χ0n) is 14.2. The van der Waals surface area contributed by atoms with Crippen molar-refractivity contribution in [1.82, 2.24) is 15.1 Å². The third-order valence-electron chi connectivity index (χ3n) is 4.00. The van der Waals surface area contributed by atoms with Crippen LogP contribution in [0.1, 0.15) is 34.6 Å². The quantitative estimate of drug-likeness (QED) is 0.675. The third kappa shape index (κ3) is 4.14. The zero-order valence-corrected chi connectivity index (χ0v) is 14.9. The summed E-state index contributed by atoms with van der Waals surface area (Å²) in [5.74, 6) is -0.848. The largest absolute Gasteiger partial charge is 0.434 e. The molecule has 1 aromatic heterocycles. The highest BCUT2D eigenvalue weighted by Crippen LogP contribution is 2.34. The smallest absolute Gasteiger partial charge is 0.345 e. The molecule has 8 heteroatoms. The van der Waals surface area contributed by atoms with E-state index in [1.54, 1.807) is 31.2 Å². The lowest BCUT2D eigenvalue weighted by molar-refractivity contribution is -0.143. The van der Waals surface area contributed by atoms with Crippen LogP contribution in [0.5, 0.6) is 0 Å². The zero-order chi connectivity index (χ0) is 19.6. The van der Waals surface area contributed by atoms with Gasteiger partial charge in [-0.25, -0.2) is 4.68 Å². The fourth-order valence-corrected chi connectivity index (χ4v) is 2.79. The van der Waals surface area contributed by atoms with Gasteiger partial charge in [0.05, 0.1) is 23.5 Å². The SMILES string of the molecule is CC(NC(=O)c1cnn(-c2ccc(Cl)cc2)c1C(F)(F)F)c1ccccc1. The maximum Gasteiger partial charge on any atom is 0.434 e. The second-order valence-corrected chi connectivity index (χ2v) is 6.34. The lowest BCUT2D eigenvalue weighted by Crippen LogP contribution is -2.29. The molecule has 0 fully saturated rings. The first-order chi connectivity index (χ1) is 12.8. The minimum atomic E-state index is -4.77. The second-order valence-electron chi connectivity index (χ2n) is 5.90. The number of benzene rings is 2. The number of amides is 1. The predicted molar refractivity (Wildman–Crippen MR) is 95.9 cm³/mol. The molecular weight excluding hydrogens is 379 g/mol. The number of hydrogen-bond donors (Lipinski definition) is 1. The predicted octanol–water partition coefficient (Wildman–Crippen LogP) is 5.04. The second kappa shape index (κ2) is 7.44. The summed E-state index contributed by atoms with van der Waals surface area (Å²) in [5.41, 5.74) is -0.741. The van der Waals surface area contributed by atoms with Gasteiger partial charge in [0.15, 0.2) is 5.69 Å². The lowest BCUT2D eigenvalue weighted by Gasteiger charge is -2.16. The Hall–Kier alpha value is -2.80. The van der Waals surface area contributed by atoms with E-state index in [0.29, 0.717) is 9.70 Å². The molecule has 3 aromatic rings. The van der Waals surface area contributed by atoms with Crippen LogP contribution in [0.2, 0.25) is 5.02 Å². The molecule has 0 aliphatic carbocycles. The molecule has 0 saturated carbocycles. The van der Waals surface area contributed by atoms with Crippen molar-refractivity contribution < 1.29 is 18.0 Å². The summed E-state index contributed by atoms with van der Waals surface area (Å²) >= 11 is 5.78. The average Bonchev–Trinajstić information content (AvgIpc) is 3.09. The molecule has 27 heavy (non-hydrogen) atoms. The molecule has 3 rings (SSSR count). The maximum atomic E-state index is 13.7. The van der Waals surface area contributed by atoms with Crippen molar-refractivity contribution >= 4 is 17.5 Å². The number of rotatable bonds is 4. The van der Waals surface area contributed by atoms with Gasteiger partial charge >= 0.3 is 6.18 Å². The van der Waals surface area contributed by atoms with Crippen molar-refractivity contribution in [3.63, 3.8) is 0 Å². The maximum absolute atomic E-state index is 13.7. The minimum Gasteiger partial charge on any atom is -0.345 e. The van der Waals surface area contributed by atoms with E-state index in [-0.39, 0.29) is 5.69 Å². The van der Waals surface area contributed by atoms with Gasteiger partial charge in [-0.3, -0.25) is 4.79 Å². The molecule has 1 atom stereocenters. The Balaban J connectivity index is 1.95. The van der Waals surface area contributed by atoms with Gasteiger partial charge in [0.25, 0.3) is 5.91 Å². The molecule has 1 heterocycles. The van der Waals surface area contributed by atoms with Gasteiger partial charge in [0, 0.05) is 5.02 Å². The molecule has 0 aliphatic heterocycles. The number of carbonyl (C=O) groups excluding carboxylic acids is 1. The first kappa shape index (κ1) is 19.0. The highest BCUT2D eigenvalue weighted by Gasteiger charge is 2.40. The van der Waals surface area contributed by atoms with Crippen LogP contribution in [0.3, 0.4) is 0 Å². The molecule has 1 N–H and O–H groups in total. The summed E-state index contributed by atoms with van der Waals surface area (Å²) in [6.07, 6.45) is -3.84. The van der Waals surface area contributed by atoms with Crippen LogP contribution in [0.25, 0.3) is 5.69 Å². The van der Waals surface area contributed by atoms with Crippen LogP contribution in [-0.4, -0.2) is 15.7 Å². The van der Waals surface area contributed by atoms with Gasteiger partial charge in [0.2, 0.25) is 0 Å². The van der Waals surface area contributed by atoms with E-state index in [9.17, 15) is 18.0 Å².